The molecule has 0 aliphatic heterocycles. The van der Waals surface area contributed by atoms with Crippen LogP contribution in [0.1, 0.15) is 21.9 Å². The Bertz CT molecular complexity index is 1200. The van der Waals surface area contributed by atoms with Gasteiger partial charge in [0.05, 0.1) is 11.1 Å². The van der Waals surface area contributed by atoms with E-state index in [0.29, 0.717) is 5.39 Å². The lowest BCUT2D eigenvalue weighted by molar-refractivity contribution is -0.137. The largest absolute Gasteiger partial charge is 0.451 e. The Kier molecular flexibility index (Phi) is 4.53. The molecular formula is C19H13F3N4O3. The van der Waals surface area contributed by atoms with Crippen molar-refractivity contribution in [3.05, 3.63) is 65.7 Å². The molecule has 4 aromatic rings. The zero-order chi connectivity index (χ0) is 20.6. The van der Waals surface area contributed by atoms with Gasteiger partial charge in [-0.15, -0.1) is 0 Å². The Hall–Kier alpha value is -3.69. The third-order valence-electron chi connectivity index (χ3n) is 4.19. The second-order valence-electron chi connectivity index (χ2n) is 6.16. The van der Waals surface area contributed by atoms with E-state index in [1.54, 1.807) is 23.9 Å². The lowest BCUT2D eigenvalue weighted by Gasteiger charge is -2.06. The molecule has 10 heteroatoms. The Morgan fingerprint density at radius 2 is 1.97 bits per heavy atom. The summed E-state index contributed by atoms with van der Waals surface area (Å²) in [5.74, 6) is -0.767. The lowest BCUT2D eigenvalue weighted by Crippen LogP contribution is -2.07. The third-order valence-corrected chi connectivity index (χ3v) is 4.19. The van der Waals surface area contributed by atoms with Crippen LogP contribution in [0.3, 0.4) is 0 Å². The summed E-state index contributed by atoms with van der Waals surface area (Å²) in [5.41, 5.74) is 0.219. The molecule has 2 aromatic carbocycles. The molecule has 2 aromatic heterocycles. The number of rotatable bonds is 4. The Morgan fingerprint density at radius 3 is 2.76 bits per heavy atom. The smallest absolute Gasteiger partial charge is 0.416 e. The van der Waals surface area contributed by atoms with Crippen LogP contribution in [0, 0.1) is 0 Å². The number of para-hydroxylation sites is 1. The number of nitrogens with zero attached hydrogens (tertiary/aromatic N) is 4. The maximum Gasteiger partial charge on any atom is 0.416 e. The van der Waals surface area contributed by atoms with E-state index < -0.39 is 17.7 Å². The van der Waals surface area contributed by atoms with Gasteiger partial charge in [-0.05, 0) is 18.2 Å². The minimum absolute atomic E-state index is 0.0366. The number of carbonyl (C=O) groups excluding carboxylic acids is 1. The number of esters is 1. The van der Waals surface area contributed by atoms with E-state index >= 15 is 0 Å². The fraction of sp³-hybridized carbons (Fsp3) is 0.158. The molecule has 0 fully saturated rings. The number of hydrogen-bond donors (Lipinski definition) is 0. The molecule has 0 aliphatic rings. The van der Waals surface area contributed by atoms with E-state index in [4.69, 9.17) is 9.26 Å². The van der Waals surface area contributed by atoms with E-state index in [9.17, 15) is 18.0 Å². The highest BCUT2D eigenvalue weighted by molar-refractivity contribution is 6.02. The minimum Gasteiger partial charge on any atom is -0.451 e. The number of aromatic nitrogens is 4. The van der Waals surface area contributed by atoms with E-state index in [0.717, 1.165) is 17.6 Å². The predicted octanol–water partition coefficient (Wildman–Crippen LogP) is 4.00. The molecule has 0 unspecified atom stereocenters. The number of carbonyl (C=O) groups is 1. The Labute approximate surface area is 161 Å². The summed E-state index contributed by atoms with van der Waals surface area (Å²) >= 11 is 0. The molecule has 7 nitrogen and oxygen atoms in total. The van der Waals surface area contributed by atoms with Gasteiger partial charge in [-0.3, -0.25) is 4.68 Å². The van der Waals surface area contributed by atoms with E-state index in [1.165, 1.54) is 12.1 Å². The van der Waals surface area contributed by atoms with Crippen LogP contribution in [0.4, 0.5) is 13.2 Å². The SMILES string of the molecule is Cn1nc(C(=O)OCc2nc(-c3cccc(C(F)(F)F)c3)no2)c2ccccc21. The normalized spacial score (nSPS) is 11.7. The summed E-state index contributed by atoms with van der Waals surface area (Å²) in [6.07, 6.45) is -4.48. The van der Waals surface area contributed by atoms with E-state index in [2.05, 4.69) is 15.2 Å². The number of hydrogen-bond acceptors (Lipinski definition) is 6. The minimum atomic E-state index is -4.48. The van der Waals surface area contributed by atoms with Crippen molar-refractivity contribution >= 4 is 16.9 Å². The first kappa shape index (κ1) is 18.7. The van der Waals surface area contributed by atoms with Gasteiger partial charge in [0.1, 0.15) is 0 Å². The van der Waals surface area contributed by atoms with E-state index in [1.807, 2.05) is 12.1 Å². The summed E-state index contributed by atoms with van der Waals surface area (Å²) in [6.45, 7) is -0.338. The van der Waals surface area contributed by atoms with Gasteiger partial charge in [0, 0.05) is 18.0 Å². The third kappa shape index (κ3) is 3.68. The van der Waals surface area contributed by atoms with Crippen LogP contribution >= 0.6 is 0 Å². The van der Waals surface area contributed by atoms with Crippen LogP contribution in [0.5, 0.6) is 0 Å². The molecule has 0 spiro atoms. The van der Waals surface area contributed by atoms with Gasteiger partial charge in [-0.25, -0.2) is 4.79 Å². The molecule has 148 valence electrons. The average Bonchev–Trinajstić information content (AvgIpc) is 3.31. The van der Waals surface area contributed by atoms with Gasteiger partial charge in [-0.2, -0.15) is 23.3 Å². The van der Waals surface area contributed by atoms with Crippen LogP contribution in [0.2, 0.25) is 0 Å². The average molecular weight is 402 g/mol. The number of alkyl halides is 3. The second kappa shape index (κ2) is 7.04. The number of ether oxygens (including phenoxy) is 1. The van der Waals surface area contributed by atoms with Crippen molar-refractivity contribution in [3.63, 3.8) is 0 Å². The molecule has 0 radical (unpaired) electrons. The van der Waals surface area contributed by atoms with Gasteiger partial charge in [-0.1, -0.05) is 35.5 Å². The molecular weight excluding hydrogens is 389 g/mol. The fourth-order valence-corrected chi connectivity index (χ4v) is 2.83. The summed E-state index contributed by atoms with van der Waals surface area (Å²) < 4.78 is 50.2. The van der Waals surface area contributed by atoms with Crippen LogP contribution in [-0.2, 0) is 24.6 Å². The molecule has 0 N–H and O–H groups in total. The maximum absolute atomic E-state index is 12.8. The lowest BCUT2D eigenvalue weighted by atomic mass is 10.1. The summed E-state index contributed by atoms with van der Waals surface area (Å²) in [7, 11) is 1.71. The van der Waals surface area contributed by atoms with Crippen molar-refractivity contribution in [1.82, 2.24) is 19.9 Å². The maximum atomic E-state index is 12.8. The van der Waals surface area contributed by atoms with Gasteiger partial charge in [0.25, 0.3) is 5.89 Å². The monoisotopic (exact) mass is 402 g/mol. The number of halogens is 3. The van der Waals surface area contributed by atoms with Crippen LogP contribution in [0.25, 0.3) is 22.3 Å². The number of benzene rings is 2. The Balaban J connectivity index is 1.49. The standard InChI is InChI=1S/C19H13F3N4O3/c1-26-14-8-3-2-7-13(14)16(24-26)18(27)28-10-15-23-17(25-29-15)11-5-4-6-12(9-11)19(20,21)22/h2-9H,10H2,1H3. The topological polar surface area (TPSA) is 83.0 Å². The molecule has 0 aliphatic carbocycles. The van der Waals surface area contributed by atoms with Gasteiger partial charge >= 0.3 is 12.1 Å². The summed E-state index contributed by atoms with van der Waals surface area (Å²) in [4.78, 5) is 16.4. The molecule has 0 saturated heterocycles. The summed E-state index contributed by atoms with van der Waals surface area (Å²) in [6, 6.07) is 11.7. The highest BCUT2D eigenvalue weighted by atomic mass is 19.4. The molecule has 0 atom stereocenters. The zero-order valence-corrected chi connectivity index (χ0v) is 15.0. The van der Waals surface area contributed by atoms with E-state index in [-0.39, 0.29) is 29.6 Å². The summed E-state index contributed by atoms with van der Waals surface area (Å²) in [5, 5.41) is 8.44. The molecule has 0 amide bonds. The highest BCUT2D eigenvalue weighted by Gasteiger charge is 2.30. The van der Waals surface area contributed by atoms with Crippen molar-refractivity contribution in [2.24, 2.45) is 7.05 Å². The molecule has 4 rings (SSSR count). The number of aryl methyl sites for hydroxylation is 1. The van der Waals surface area contributed by atoms with Gasteiger partial charge in [0.15, 0.2) is 12.3 Å². The van der Waals surface area contributed by atoms with Crippen molar-refractivity contribution in [2.75, 3.05) is 0 Å². The zero-order valence-electron chi connectivity index (χ0n) is 15.0. The van der Waals surface area contributed by atoms with Crippen molar-refractivity contribution in [2.45, 2.75) is 12.8 Å². The number of fused-ring (bicyclic) bond motifs is 1. The highest BCUT2D eigenvalue weighted by Crippen LogP contribution is 2.31. The molecule has 0 saturated carbocycles. The molecule has 29 heavy (non-hydrogen) atoms. The first-order valence-electron chi connectivity index (χ1n) is 8.42. The quantitative estimate of drug-likeness (QED) is 0.480. The second-order valence-corrected chi connectivity index (χ2v) is 6.16. The van der Waals surface area contributed by atoms with Crippen LogP contribution < -0.4 is 0 Å². The first-order chi connectivity index (χ1) is 13.8. The van der Waals surface area contributed by atoms with Gasteiger partial charge in [0.2, 0.25) is 5.82 Å². The van der Waals surface area contributed by atoms with Crippen molar-refractivity contribution < 1.29 is 27.2 Å². The first-order valence-corrected chi connectivity index (χ1v) is 8.42. The predicted molar refractivity (Wildman–Crippen MR) is 94.6 cm³/mol. The van der Waals surface area contributed by atoms with Crippen molar-refractivity contribution in [1.29, 1.82) is 0 Å². The van der Waals surface area contributed by atoms with Crippen LogP contribution in [-0.4, -0.2) is 25.9 Å². The molecule has 0 bridgehead atoms. The molecule has 2 heterocycles. The van der Waals surface area contributed by atoms with Gasteiger partial charge < -0.3 is 9.26 Å². The fourth-order valence-electron chi connectivity index (χ4n) is 2.83. The Morgan fingerprint density at radius 1 is 1.17 bits per heavy atom. The van der Waals surface area contributed by atoms with Crippen molar-refractivity contribution in [3.8, 4) is 11.4 Å². The van der Waals surface area contributed by atoms with Crippen LogP contribution in [0.15, 0.2) is 53.1 Å².